The van der Waals surface area contributed by atoms with Crippen molar-refractivity contribution in [1.82, 2.24) is 10.1 Å². The first-order chi connectivity index (χ1) is 12.2. The Morgan fingerprint density at radius 2 is 2.00 bits per heavy atom. The van der Waals surface area contributed by atoms with Gasteiger partial charge in [-0.1, -0.05) is 11.2 Å². The summed E-state index contributed by atoms with van der Waals surface area (Å²) in [5, 5.41) is 4.10. The van der Waals surface area contributed by atoms with Crippen LogP contribution in [0.25, 0.3) is 11.4 Å². The average Bonchev–Trinajstić information content (AvgIpc) is 3.11. The maximum absolute atomic E-state index is 6.11. The molecule has 26 heavy (non-hydrogen) atoms. The normalized spacial score (nSPS) is 13.0. The van der Waals surface area contributed by atoms with E-state index in [4.69, 9.17) is 15.0 Å². The van der Waals surface area contributed by atoms with E-state index in [9.17, 15) is 0 Å². The topological polar surface area (TPSA) is 77.4 Å². The lowest BCUT2D eigenvalue weighted by atomic mass is 10.00. The van der Waals surface area contributed by atoms with Gasteiger partial charge in [0.2, 0.25) is 11.7 Å². The monoisotopic (exact) mass is 372 g/mol. The number of hydrogen-bond donors (Lipinski definition) is 1. The van der Waals surface area contributed by atoms with Gasteiger partial charge in [0.25, 0.3) is 0 Å². The molecule has 0 fully saturated rings. The number of benzene rings is 2. The Balaban J connectivity index is 0.00000196. The molecule has 6 nitrogen and oxygen atoms in total. The Hall–Kier alpha value is -2.73. The number of methoxy groups -OCH3 is 1. The molecule has 0 unspecified atom stereocenters. The molecule has 1 aliphatic rings. The van der Waals surface area contributed by atoms with Gasteiger partial charge in [-0.3, -0.25) is 0 Å². The highest BCUT2D eigenvalue weighted by atomic mass is 35.5. The molecule has 136 valence electrons. The van der Waals surface area contributed by atoms with E-state index in [0.29, 0.717) is 18.3 Å². The molecule has 0 amide bonds. The van der Waals surface area contributed by atoms with Crippen LogP contribution in [0.15, 0.2) is 47.0 Å². The van der Waals surface area contributed by atoms with Crippen LogP contribution >= 0.6 is 12.4 Å². The van der Waals surface area contributed by atoms with Gasteiger partial charge < -0.3 is 19.9 Å². The van der Waals surface area contributed by atoms with E-state index in [1.54, 1.807) is 7.11 Å². The third-order valence-electron chi connectivity index (χ3n) is 4.53. The van der Waals surface area contributed by atoms with E-state index < -0.39 is 0 Å². The maximum Gasteiger partial charge on any atom is 0.246 e. The predicted molar refractivity (Wildman–Crippen MR) is 104 cm³/mol. The van der Waals surface area contributed by atoms with Crippen molar-refractivity contribution in [3.8, 4) is 17.1 Å². The molecule has 0 bridgehead atoms. The number of halogens is 1. The van der Waals surface area contributed by atoms with Crippen LogP contribution in [0.4, 0.5) is 11.4 Å². The van der Waals surface area contributed by atoms with E-state index in [2.05, 4.69) is 21.1 Å². The lowest BCUT2D eigenvalue weighted by Crippen LogP contribution is -2.29. The molecule has 2 N–H and O–H groups in total. The van der Waals surface area contributed by atoms with Crippen molar-refractivity contribution in [2.75, 3.05) is 24.3 Å². The number of fused-ring (bicyclic) bond motifs is 1. The zero-order valence-corrected chi connectivity index (χ0v) is 15.3. The Labute approximate surface area is 158 Å². The van der Waals surface area contributed by atoms with Crippen LogP contribution in [-0.2, 0) is 13.0 Å². The molecule has 0 saturated carbocycles. The van der Waals surface area contributed by atoms with Gasteiger partial charge in [-0.05, 0) is 54.8 Å². The first-order valence-corrected chi connectivity index (χ1v) is 8.34. The molecule has 7 heteroatoms. The van der Waals surface area contributed by atoms with Gasteiger partial charge in [0.15, 0.2) is 0 Å². The van der Waals surface area contributed by atoms with Gasteiger partial charge in [0.1, 0.15) is 5.75 Å². The molecule has 0 aliphatic carbocycles. The largest absolute Gasteiger partial charge is 0.497 e. The van der Waals surface area contributed by atoms with E-state index >= 15 is 0 Å². The minimum Gasteiger partial charge on any atom is -0.497 e. The second kappa shape index (κ2) is 7.66. The van der Waals surface area contributed by atoms with Crippen molar-refractivity contribution in [3.05, 3.63) is 53.9 Å². The lowest BCUT2D eigenvalue weighted by Gasteiger charge is -2.30. The van der Waals surface area contributed by atoms with Crippen LogP contribution < -0.4 is 15.4 Å². The first-order valence-electron chi connectivity index (χ1n) is 8.34. The summed E-state index contributed by atoms with van der Waals surface area (Å²) < 4.78 is 10.6. The summed E-state index contributed by atoms with van der Waals surface area (Å²) in [4.78, 5) is 6.78. The quantitative estimate of drug-likeness (QED) is 0.703. The second-order valence-electron chi connectivity index (χ2n) is 6.11. The highest BCUT2D eigenvalue weighted by molar-refractivity contribution is 5.85. The number of nitrogens with zero attached hydrogens (tertiary/aromatic N) is 3. The third kappa shape index (κ3) is 3.46. The van der Waals surface area contributed by atoms with Crippen molar-refractivity contribution in [1.29, 1.82) is 0 Å². The fraction of sp³-hybridized carbons (Fsp3) is 0.263. The van der Waals surface area contributed by atoms with E-state index in [1.807, 2.05) is 36.4 Å². The molecular formula is C19H21ClN4O2. The summed E-state index contributed by atoms with van der Waals surface area (Å²) >= 11 is 0. The van der Waals surface area contributed by atoms with Crippen LogP contribution in [0, 0.1) is 0 Å². The van der Waals surface area contributed by atoms with Gasteiger partial charge in [-0.2, -0.15) is 4.98 Å². The van der Waals surface area contributed by atoms with Crippen molar-refractivity contribution >= 4 is 23.8 Å². The molecule has 0 atom stereocenters. The van der Waals surface area contributed by atoms with Crippen LogP contribution in [0.5, 0.6) is 5.75 Å². The number of hydrogen-bond acceptors (Lipinski definition) is 6. The van der Waals surface area contributed by atoms with E-state index in [1.165, 1.54) is 5.56 Å². The molecular weight excluding hydrogens is 352 g/mol. The van der Waals surface area contributed by atoms with Crippen LogP contribution in [0.1, 0.15) is 17.9 Å². The fourth-order valence-electron chi connectivity index (χ4n) is 3.23. The van der Waals surface area contributed by atoms with Crippen molar-refractivity contribution in [3.63, 3.8) is 0 Å². The molecule has 3 aromatic rings. The van der Waals surface area contributed by atoms with Crippen LogP contribution in [0.2, 0.25) is 0 Å². The second-order valence-corrected chi connectivity index (χ2v) is 6.11. The summed E-state index contributed by atoms with van der Waals surface area (Å²) in [7, 11) is 1.64. The average molecular weight is 373 g/mol. The number of ether oxygens (including phenoxy) is 1. The van der Waals surface area contributed by atoms with Crippen molar-refractivity contribution in [2.45, 2.75) is 19.4 Å². The van der Waals surface area contributed by atoms with E-state index in [0.717, 1.165) is 42.1 Å². The van der Waals surface area contributed by atoms with Crippen molar-refractivity contribution in [2.24, 2.45) is 0 Å². The molecule has 2 aromatic carbocycles. The third-order valence-corrected chi connectivity index (χ3v) is 4.53. The summed E-state index contributed by atoms with van der Waals surface area (Å²) in [6.45, 7) is 1.54. The summed E-state index contributed by atoms with van der Waals surface area (Å²) in [5.41, 5.74) is 10.2. The number of aromatic nitrogens is 2. The Morgan fingerprint density at radius 3 is 2.77 bits per heavy atom. The zero-order valence-electron chi connectivity index (χ0n) is 14.5. The molecule has 1 aromatic heterocycles. The standard InChI is InChI=1S/C19H20N4O2.ClH/c1-24-14-9-7-13(8-10-14)19-21-18(25-22-19)12-23-11-3-4-15-16(20)5-2-6-17(15)23;/h2,5-10H,3-4,11-12,20H2,1H3;1H. The molecule has 0 spiro atoms. The zero-order chi connectivity index (χ0) is 17.2. The predicted octanol–water partition coefficient (Wildman–Crippen LogP) is 3.70. The summed E-state index contributed by atoms with van der Waals surface area (Å²) in [6.07, 6.45) is 2.08. The molecule has 0 radical (unpaired) electrons. The summed E-state index contributed by atoms with van der Waals surface area (Å²) in [5.74, 6) is 1.98. The number of anilines is 2. The fourth-order valence-corrected chi connectivity index (χ4v) is 3.23. The Morgan fingerprint density at radius 1 is 1.19 bits per heavy atom. The lowest BCUT2D eigenvalue weighted by molar-refractivity contribution is 0.375. The van der Waals surface area contributed by atoms with E-state index in [-0.39, 0.29) is 12.4 Å². The van der Waals surface area contributed by atoms with Crippen molar-refractivity contribution < 1.29 is 9.26 Å². The minimum atomic E-state index is 0. The maximum atomic E-state index is 6.11. The summed E-state index contributed by atoms with van der Waals surface area (Å²) in [6, 6.07) is 13.7. The molecule has 1 aliphatic heterocycles. The van der Waals surface area contributed by atoms with Crippen LogP contribution in [0.3, 0.4) is 0 Å². The van der Waals surface area contributed by atoms with Gasteiger partial charge in [0, 0.05) is 23.5 Å². The number of rotatable bonds is 4. The minimum absolute atomic E-state index is 0. The first kappa shape index (κ1) is 18.1. The Bertz CT molecular complexity index is 880. The number of nitrogens with two attached hydrogens (primary N) is 1. The van der Waals surface area contributed by atoms with Gasteiger partial charge >= 0.3 is 0 Å². The highest BCUT2D eigenvalue weighted by Crippen LogP contribution is 2.32. The molecule has 4 rings (SSSR count). The number of nitrogen functional groups attached to an aromatic ring is 1. The highest BCUT2D eigenvalue weighted by Gasteiger charge is 2.21. The molecule has 0 saturated heterocycles. The van der Waals surface area contributed by atoms with Gasteiger partial charge in [-0.15, -0.1) is 12.4 Å². The molecule has 2 heterocycles. The Kier molecular flexibility index (Phi) is 5.32. The SMILES string of the molecule is COc1ccc(-c2noc(CN3CCCc4c(N)cccc43)n2)cc1.Cl. The van der Waals surface area contributed by atoms with Crippen LogP contribution in [-0.4, -0.2) is 23.8 Å². The van der Waals surface area contributed by atoms with Gasteiger partial charge in [0.05, 0.1) is 13.7 Å². The van der Waals surface area contributed by atoms with Gasteiger partial charge in [-0.25, -0.2) is 0 Å². The smallest absolute Gasteiger partial charge is 0.246 e.